The van der Waals surface area contributed by atoms with Gasteiger partial charge >= 0.3 is 5.97 Å². The molecule has 0 saturated carbocycles. The average molecular weight is 332 g/mol. The summed E-state index contributed by atoms with van der Waals surface area (Å²) < 4.78 is 0. The molecule has 4 rings (SSSR count). The van der Waals surface area contributed by atoms with Crippen LogP contribution in [0.25, 0.3) is 21.9 Å². The fourth-order valence-electron chi connectivity index (χ4n) is 3.04. The highest BCUT2D eigenvalue weighted by Gasteiger charge is 2.15. The Kier molecular flexibility index (Phi) is 3.57. The monoisotopic (exact) mass is 332 g/mol. The summed E-state index contributed by atoms with van der Waals surface area (Å²) in [5, 5.41) is 13.6. The van der Waals surface area contributed by atoms with Crippen LogP contribution in [-0.4, -0.2) is 26.0 Å². The Morgan fingerprint density at radius 1 is 1.20 bits per heavy atom. The van der Waals surface area contributed by atoms with Gasteiger partial charge in [0.05, 0.1) is 35.0 Å². The predicted octanol–water partition coefficient (Wildman–Crippen LogP) is 3.79. The normalized spacial score (nSPS) is 11.1. The molecule has 0 bridgehead atoms. The van der Waals surface area contributed by atoms with Gasteiger partial charge in [-0.2, -0.15) is 0 Å². The molecule has 6 heteroatoms. The number of nitrogens with one attached hydrogen (secondary N) is 2. The van der Waals surface area contributed by atoms with Crippen molar-refractivity contribution in [2.45, 2.75) is 13.3 Å². The third-order valence-electron chi connectivity index (χ3n) is 4.22. The molecule has 0 atom stereocenters. The lowest BCUT2D eigenvalue weighted by molar-refractivity contribution is -0.136. The Morgan fingerprint density at radius 3 is 2.88 bits per heavy atom. The minimum atomic E-state index is -0.882. The van der Waals surface area contributed by atoms with Crippen LogP contribution in [0.3, 0.4) is 0 Å². The van der Waals surface area contributed by atoms with Gasteiger partial charge in [0.15, 0.2) is 0 Å². The number of rotatable bonds is 4. The number of carboxylic acid groups (broad SMARTS) is 1. The number of para-hydroxylation sites is 1. The molecule has 0 aliphatic carbocycles. The van der Waals surface area contributed by atoms with Crippen LogP contribution in [0.1, 0.15) is 11.3 Å². The summed E-state index contributed by atoms with van der Waals surface area (Å²) in [6.07, 6.45) is 1.56. The van der Waals surface area contributed by atoms with Gasteiger partial charge < -0.3 is 15.4 Å². The number of pyridine rings is 1. The summed E-state index contributed by atoms with van der Waals surface area (Å²) >= 11 is 0. The largest absolute Gasteiger partial charge is 0.481 e. The van der Waals surface area contributed by atoms with E-state index in [0.717, 1.165) is 33.3 Å². The van der Waals surface area contributed by atoms with Crippen LogP contribution < -0.4 is 5.32 Å². The first-order valence-electron chi connectivity index (χ1n) is 7.92. The van der Waals surface area contributed by atoms with Crippen molar-refractivity contribution in [1.82, 2.24) is 15.0 Å². The summed E-state index contributed by atoms with van der Waals surface area (Å²) in [7, 11) is 0. The number of nitrogens with zero attached hydrogens (tertiary/aromatic N) is 2. The Labute approximate surface area is 143 Å². The Hall–Kier alpha value is -3.41. The maximum Gasteiger partial charge on any atom is 0.307 e. The zero-order chi connectivity index (χ0) is 17.4. The highest BCUT2D eigenvalue weighted by molar-refractivity contribution is 5.97. The topological polar surface area (TPSA) is 90.9 Å². The quantitative estimate of drug-likeness (QED) is 0.529. The summed E-state index contributed by atoms with van der Waals surface area (Å²) in [6.45, 7) is 1.84. The number of fused-ring (bicyclic) bond motifs is 2. The van der Waals surface area contributed by atoms with Crippen LogP contribution in [-0.2, 0) is 11.2 Å². The average Bonchev–Trinajstić information content (AvgIpc) is 3.05. The molecule has 2 aromatic heterocycles. The molecular formula is C19H16N4O2. The van der Waals surface area contributed by atoms with E-state index in [1.54, 1.807) is 6.33 Å². The van der Waals surface area contributed by atoms with Crippen LogP contribution in [0.2, 0.25) is 0 Å². The number of benzene rings is 2. The lowest BCUT2D eigenvalue weighted by Crippen LogP contribution is -2.08. The van der Waals surface area contributed by atoms with Gasteiger partial charge in [0.2, 0.25) is 0 Å². The van der Waals surface area contributed by atoms with Crippen molar-refractivity contribution in [3.8, 4) is 0 Å². The number of aryl methyl sites for hydroxylation is 1. The lowest BCUT2D eigenvalue weighted by Gasteiger charge is -2.16. The molecule has 2 heterocycles. The summed E-state index contributed by atoms with van der Waals surface area (Å²) in [4.78, 5) is 23.2. The molecule has 4 aromatic rings. The molecule has 0 fully saturated rings. The molecule has 25 heavy (non-hydrogen) atoms. The van der Waals surface area contributed by atoms with Gasteiger partial charge in [-0.15, -0.1) is 0 Å². The van der Waals surface area contributed by atoms with E-state index in [9.17, 15) is 9.90 Å². The third-order valence-corrected chi connectivity index (χ3v) is 4.22. The van der Waals surface area contributed by atoms with Gasteiger partial charge in [-0.1, -0.05) is 18.2 Å². The van der Waals surface area contributed by atoms with Crippen molar-refractivity contribution < 1.29 is 9.90 Å². The van der Waals surface area contributed by atoms with Crippen molar-refractivity contribution in [1.29, 1.82) is 0 Å². The summed E-state index contributed by atoms with van der Waals surface area (Å²) in [5.74, 6) is -0.882. The van der Waals surface area contributed by atoms with Gasteiger partial charge in [-0.05, 0) is 31.2 Å². The number of H-pyrrole nitrogens is 1. The van der Waals surface area contributed by atoms with Crippen molar-refractivity contribution >= 4 is 39.3 Å². The number of aliphatic carboxylic acids is 1. The highest BCUT2D eigenvalue weighted by atomic mass is 16.4. The molecule has 0 aliphatic rings. The molecule has 0 aliphatic heterocycles. The van der Waals surface area contributed by atoms with Crippen molar-refractivity contribution in [3.05, 3.63) is 60.0 Å². The van der Waals surface area contributed by atoms with Crippen LogP contribution in [0.5, 0.6) is 0 Å². The first kappa shape index (κ1) is 15.1. The van der Waals surface area contributed by atoms with Gasteiger partial charge in [0, 0.05) is 22.3 Å². The van der Waals surface area contributed by atoms with E-state index in [0.29, 0.717) is 11.3 Å². The SMILES string of the molecule is Cc1nc2ccccc2c(Nc2ccc3nc[nH]c3c2)c1CC(=O)O. The number of aromatic amines is 1. The van der Waals surface area contributed by atoms with Gasteiger partial charge in [0.25, 0.3) is 0 Å². The number of aromatic nitrogens is 3. The molecule has 124 valence electrons. The molecular weight excluding hydrogens is 316 g/mol. The van der Waals surface area contributed by atoms with Crippen LogP contribution in [0, 0.1) is 6.92 Å². The van der Waals surface area contributed by atoms with Crippen molar-refractivity contribution in [2.75, 3.05) is 5.32 Å². The fourth-order valence-corrected chi connectivity index (χ4v) is 3.04. The first-order chi connectivity index (χ1) is 12.1. The summed E-state index contributed by atoms with van der Waals surface area (Å²) in [5.41, 5.74) is 5.68. The second kappa shape index (κ2) is 5.90. The maximum absolute atomic E-state index is 11.3. The molecule has 3 N–H and O–H groups in total. The lowest BCUT2D eigenvalue weighted by atomic mass is 10.0. The molecule has 0 radical (unpaired) electrons. The minimum absolute atomic E-state index is 0.0850. The summed E-state index contributed by atoms with van der Waals surface area (Å²) in [6, 6.07) is 13.5. The zero-order valence-corrected chi connectivity index (χ0v) is 13.6. The van der Waals surface area contributed by atoms with E-state index < -0.39 is 5.97 Å². The number of hydrogen-bond acceptors (Lipinski definition) is 4. The van der Waals surface area contributed by atoms with Crippen molar-refractivity contribution in [3.63, 3.8) is 0 Å². The first-order valence-corrected chi connectivity index (χ1v) is 7.92. The highest BCUT2D eigenvalue weighted by Crippen LogP contribution is 2.32. The minimum Gasteiger partial charge on any atom is -0.481 e. The van der Waals surface area contributed by atoms with E-state index in [1.807, 2.05) is 49.4 Å². The number of anilines is 2. The van der Waals surface area contributed by atoms with Crippen molar-refractivity contribution in [2.24, 2.45) is 0 Å². The second-order valence-electron chi connectivity index (χ2n) is 5.90. The van der Waals surface area contributed by atoms with E-state index in [2.05, 4.69) is 20.3 Å². The standard InChI is InChI=1S/C19H16N4O2/c1-11-14(9-18(24)25)19(13-4-2-3-5-15(13)22-11)23-12-6-7-16-17(8-12)21-10-20-16/h2-8,10H,9H2,1H3,(H,20,21)(H,22,23)(H,24,25). The molecule has 0 unspecified atom stereocenters. The third kappa shape index (κ3) is 2.78. The number of imidazole rings is 1. The number of carbonyl (C=O) groups is 1. The number of carboxylic acids is 1. The Morgan fingerprint density at radius 2 is 2.04 bits per heavy atom. The van der Waals surface area contributed by atoms with E-state index >= 15 is 0 Å². The van der Waals surface area contributed by atoms with E-state index in [4.69, 9.17) is 0 Å². The van der Waals surface area contributed by atoms with Gasteiger partial charge in [0.1, 0.15) is 0 Å². The van der Waals surface area contributed by atoms with E-state index in [-0.39, 0.29) is 6.42 Å². The van der Waals surface area contributed by atoms with Crippen LogP contribution in [0.4, 0.5) is 11.4 Å². The molecule has 0 amide bonds. The Bertz CT molecular complexity index is 1100. The van der Waals surface area contributed by atoms with Gasteiger partial charge in [-0.25, -0.2) is 4.98 Å². The smallest absolute Gasteiger partial charge is 0.307 e. The van der Waals surface area contributed by atoms with Gasteiger partial charge in [-0.3, -0.25) is 9.78 Å². The molecule has 0 spiro atoms. The number of hydrogen-bond donors (Lipinski definition) is 3. The van der Waals surface area contributed by atoms with Crippen LogP contribution >= 0.6 is 0 Å². The molecule has 6 nitrogen and oxygen atoms in total. The second-order valence-corrected chi connectivity index (χ2v) is 5.90. The molecule has 2 aromatic carbocycles. The fraction of sp³-hybridized carbons (Fsp3) is 0.105. The molecule has 0 saturated heterocycles. The maximum atomic E-state index is 11.3. The zero-order valence-electron chi connectivity index (χ0n) is 13.6. The Balaban J connectivity index is 1.89. The van der Waals surface area contributed by atoms with E-state index in [1.165, 1.54) is 0 Å². The van der Waals surface area contributed by atoms with Crippen LogP contribution in [0.15, 0.2) is 48.8 Å². The predicted molar refractivity (Wildman–Crippen MR) is 97.2 cm³/mol.